The van der Waals surface area contributed by atoms with E-state index in [1.54, 1.807) is 60.3 Å². The molecule has 7 nitrogen and oxygen atoms in total. The number of Topliss-reactive ketones (excluding diaryl/α,β-unsaturated/α-hetero) is 1. The van der Waals surface area contributed by atoms with Gasteiger partial charge < -0.3 is 10.1 Å². The smallest absolute Gasteiger partial charge is 0.358 e. The minimum atomic E-state index is -0.472. The number of rotatable bonds is 8. The fraction of sp³-hybridized carbons (Fsp3) is 0.217. The zero-order valence-corrected chi connectivity index (χ0v) is 16.9. The quantitative estimate of drug-likeness (QED) is 0.453. The van der Waals surface area contributed by atoms with Gasteiger partial charge in [0.15, 0.2) is 11.5 Å². The topological polar surface area (TPSA) is 90.3 Å². The van der Waals surface area contributed by atoms with E-state index >= 15 is 0 Å². The molecule has 0 atom stereocenters. The molecule has 1 amide bonds. The van der Waals surface area contributed by atoms with Crippen LogP contribution in [0.3, 0.4) is 0 Å². The summed E-state index contributed by atoms with van der Waals surface area (Å²) in [5.41, 5.74) is 3.27. The maximum absolute atomic E-state index is 12.2. The predicted molar refractivity (Wildman–Crippen MR) is 113 cm³/mol. The van der Waals surface area contributed by atoms with Crippen LogP contribution < -0.4 is 5.32 Å². The third-order valence-electron chi connectivity index (χ3n) is 4.44. The molecular weight excluding hydrogens is 382 g/mol. The Morgan fingerprint density at radius 2 is 1.67 bits per heavy atom. The van der Waals surface area contributed by atoms with E-state index in [4.69, 9.17) is 4.74 Å². The van der Waals surface area contributed by atoms with Crippen LogP contribution in [0.5, 0.6) is 0 Å². The SMILES string of the molecule is CCOC(=O)c1ccn(-c2ccc(NC(=O)CCC(=O)c3ccc(C)cc3)cc2)n1. The van der Waals surface area contributed by atoms with E-state index in [0.717, 1.165) is 11.3 Å². The highest BCUT2D eigenvalue weighted by atomic mass is 16.5. The Morgan fingerprint density at radius 3 is 2.33 bits per heavy atom. The van der Waals surface area contributed by atoms with Gasteiger partial charge in [0.25, 0.3) is 0 Å². The Hall–Kier alpha value is -3.74. The van der Waals surface area contributed by atoms with Crippen LogP contribution >= 0.6 is 0 Å². The fourth-order valence-corrected chi connectivity index (χ4v) is 2.81. The van der Waals surface area contributed by atoms with Gasteiger partial charge in [0.1, 0.15) is 0 Å². The number of benzene rings is 2. The van der Waals surface area contributed by atoms with Gasteiger partial charge in [0, 0.05) is 30.3 Å². The molecule has 3 aromatic rings. The second kappa shape index (κ2) is 9.65. The Bertz CT molecular complexity index is 1040. The lowest BCUT2D eigenvalue weighted by Gasteiger charge is -2.07. The maximum Gasteiger partial charge on any atom is 0.358 e. The molecule has 0 bridgehead atoms. The van der Waals surface area contributed by atoms with Crippen molar-refractivity contribution in [2.24, 2.45) is 0 Å². The first kappa shape index (κ1) is 21.0. The number of amides is 1. The Labute approximate surface area is 174 Å². The maximum atomic E-state index is 12.2. The first-order valence-corrected chi connectivity index (χ1v) is 9.69. The molecule has 0 aliphatic rings. The summed E-state index contributed by atoms with van der Waals surface area (Å²) in [7, 11) is 0. The van der Waals surface area contributed by atoms with Crippen molar-refractivity contribution in [3.63, 3.8) is 0 Å². The van der Waals surface area contributed by atoms with E-state index in [-0.39, 0.29) is 36.8 Å². The lowest BCUT2D eigenvalue weighted by Crippen LogP contribution is -2.13. The van der Waals surface area contributed by atoms with Crippen LogP contribution in [0.1, 0.15) is 46.2 Å². The van der Waals surface area contributed by atoms with Crippen LogP contribution in [0, 0.1) is 6.92 Å². The molecule has 3 rings (SSSR count). The number of carbonyl (C=O) groups excluding carboxylic acids is 3. The third-order valence-corrected chi connectivity index (χ3v) is 4.44. The van der Waals surface area contributed by atoms with Crippen LogP contribution in [0.25, 0.3) is 5.69 Å². The summed E-state index contributed by atoms with van der Waals surface area (Å²) in [5, 5.41) is 6.97. The Morgan fingerprint density at radius 1 is 0.967 bits per heavy atom. The molecule has 7 heteroatoms. The van der Waals surface area contributed by atoms with Gasteiger partial charge in [-0.25, -0.2) is 9.48 Å². The zero-order valence-electron chi connectivity index (χ0n) is 16.9. The highest BCUT2D eigenvalue weighted by molar-refractivity contribution is 6.00. The van der Waals surface area contributed by atoms with Crippen molar-refractivity contribution in [2.45, 2.75) is 26.7 Å². The van der Waals surface area contributed by atoms with Crippen LogP contribution in [0.15, 0.2) is 60.8 Å². The highest BCUT2D eigenvalue weighted by Gasteiger charge is 2.12. The van der Waals surface area contributed by atoms with Gasteiger partial charge in [-0.3, -0.25) is 9.59 Å². The van der Waals surface area contributed by atoms with Crippen LogP contribution in [-0.4, -0.2) is 34.0 Å². The number of anilines is 1. The molecule has 0 fully saturated rings. The molecule has 0 unspecified atom stereocenters. The lowest BCUT2D eigenvalue weighted by atomic mass is 10.0. The minimum absolute atomic E-state index is 0.0587. The summed E-state index contributed by atoms with van der Waals surface area (Å²) in [6, 6.07) is 15.9. The fourth-order valence-electron chi connectivity index (χ4n) is 2.81. The van der Waals surface area contributed by atoms with Gasteiger partial charge in [-0.1, -0.05) is 29.8 Å². The summed E-state index contributed by atoms with van der Waals surface area (Å²) in [6.07, 6.45) is 1.92. The van der Waals surface area contributed by atoms with Gasteiger partial charge in [-0.15, -0.1) is 0 Å². The van der Waals surface area contributed by atoms with Crippen molar-refractivity contribution < 1.29 is 19.1 Å². The van der Waals surface area contributed by atoms with Gasteiger partial charge in [0.05, 0.1) is 12.3 Å². The number of nitrogens with one attached hydrogen (secondary N) is 1. The van der Waals surface area contributed by atoms with Crippen molar-refractivity contribution in [1.82, 2.24) is 9.78 Å². The van der Waals surface area contributed by atoms with Gasteiger partial charge >= 0.3 is 5.97 Å². The van der Waals surface area contributed by atoms with Gasteiger partial charge in [-0.05, 0) is 44.2 Å². The van der Waals surface area contributed by atoms with Gasteiger partial charge in [0.2, 0.25) is 5.91 Å². The first-order chi connectivity index (χ1) is 14.5. The van der Waals surface area contributed by atoms with E-state index in [9.17, 15) is 14.4 Å². The van der Waals surface area contributed by atoms with Crippen LogP contribution in [0.2, 0.25) is 0 Å². The summed E-state index contributed by atoms with van der Waals surface area (Å²) < 4.78 is 6.48. The number of aryl methyl sites for hydroxylation is 1. The van der Waals surface area contributed by atoms with Crippen molar-refractivity contribution in [1.29, 1.82) is 0 Å². The number of nitrogens with zero attached hydrogens (tertiary/aromatic N) is 2. The zero-order chi connectivity index (χ0) is 21.5. The molecule has 0 saturated carbocycles. The molecule has 2 aromatic carbocycles. The summed E-state index contributed by atoms with van der Waals surface area (Å²) >= 11 is 0. The number of carbonyl (C=O) groups is 3. The first-order valence-electron chi connectivity index (χ1n) is 9.69. The molecule has 0 saturated heterocycles. The molecule has 0 aliphatic carbocycles. The standard InChI is InChI=1S/C23H23N3O4/c1-3-30-23(29)20-14-15-26(25-20)19-10-8-18(9-11-19)24-22(28)13-12-21(27)17-6-4-16(2)5-7-17/h4-11,14-15H,3,12-13H2,1-2H3,(H,24,28). The molecule has 0 radical (unpaired) electrons. The van der Waals surface area contributed by atoms with Crippen LogP contribution in [0.4, 0.5) is 5.69 Å². The van der Waals surface area contributed by atoms with Crippen molar-refractivity contribution in [3.05, 3.63) is 77.6 Å². The minimum Gasteiger partial charge on any atom is -0.461 e. The number of hydrogen-bond acceptors (Lipinski definition) is 5. The van der Waals surface area contributed by atoms with E-state index in [1.165, 1.54) is 0 Å². The largest absolute Gasteiger partial charge is 0.461 e. The predicted octanol–water partition coefficient (Wildman–Crippen LogP) is 3.96. The van der Waals surface area contributed by atoms with E-state index in [2.05, 4.69) is 10.4 Å². The molecular formula is C23H23N3O4. The molecule has 1 N–H and O–H groups in total. The Balaban J connectivity index is 1.54. The van der Waals surface area contributed by atoms with E-state index < -0.39 is 5.97 Å². The van der Waals surface area contributed by atoms with Gasteiger partial charge in [-0.2, -0.15) is 5.10 Å². The second-order valence-electron chi connectivity index (χ2n) is 6.75. The Kier molecular flexibility index (Phi) is 6.75. The number of hydrogen-bond donors (Lipinski definition) is 1. The summed E-state index contributed by atoms with van der Waals surface area (Å²) in [6.45, 7) is 3.98. The third kappa shape index (κ3) is 5.41. The second-order valence-corrected chi connectivity index (χ2v) is 6.75. The van der Waals surface area contributed by atoms with E-state index in [0.29, 0.717) is 11.3 Å². The molecule has 30 heavy (non-hydrogen) atoms. The molecule has 0 aliphatic heterocycles. The average molecular weight is 405 g/mol. The van der Waals surface area contributed by atoms with Crippen molar-refractivity contribution in [2.75, 3.05) is 11.9 Å². The number of aromatic nitrogens is 2. The lowest BCUT2D eigenvalue weighted by molar-refractivity contribution is -0.116. The van der Waals surface area contributed by atoms with E-state index in [1.807, 2.05) is 19.1 Å². The van der Waals surface area contributed by atoms with Crippen LogP contribution in [-0.2, 0) is 9.53 Å². The molecule has 1 aromatic heterocycles. The monoisotopic (exact) mass is 405 g/mol. The summed E-state index contributed by atoms with van der Waals surface area (Å²) in [4.78, 5) is 36.1. The summed E-state index contributed by atoms with van der Waals surface area (Å²) in [5.74, 6) is -0.760. The molecule has 1 heterocycles. The molecule has 0 spiro atoms. The highest BCUT2D eigenvalue weighted by Crippen LogP contribution is 2.15. The van der Waals surface area contributed by atoms with Crippen molar-refractivity contribution in [3.8, 4) is 5.69 Å². The normalized spacial score (nSPS) is 10.5. The average Bonchev–Trinajstić information content (AvgIpc) is 3.24. The molecule has 154 valence electrons. The number of esters is 1. The van der Waals surface area contributed by atoms with Crippen molar-refractivity contribution >= 4 is 23.3 Å². The number of ketones is 1. The number of ether oxygens (including phenoxy) is 1.